The van der Waals surface area contributed by atoms with Crippen molar-refractivity contribution in [3.63, 3.8) is 0 Å². The maximum Gasteiger partial charge on any atom is 0.113 e. The summed E-state index contributed by atoms with van der Waals surface area (Å²) in [6, 6.07) is 11.7. The maximum atomic E-state index is 10.4. The van der Waals surface area contributed by atoms with E-state index >= 15 is 0 Å². The van der Waals surface area contributed by atoms with Crippen LogP contribution < -0.4 is 5.32 Å². The number of benzene rings is 2. The number of aryl methyl sites for hydroxylation is 1. The van der Waals surface area contributed by atoms with Crippen LogP contribution >= 0.6 is 11.6 Å². The van der Waals surface area contributed by atoms with Gasteiger partial charge in [0.05, 0.1) is 6.61 Å². The Hall–Kier alpha value is -1.67. The summed E-state index contributed by atoms with van der Waals surface area (Å²) >= 11 is 6.43. The fourth-order valence-corrected chi connectivity index (χ4v) is 4.33. The minimum atomic E-state index is -1.40. The summed E-state index contributed by atoms with van der Waals surface area (Å²) in [5, 5.41) is 43.9. The highest BCUT2D eigenvalue weighted by Gasteiger charge is 2.44. The van der Waals surface area contributed by atoms with Crippen LogP contribution in [0.1, 0.15) is 34.8 Å². The van der Waals surface area contributed by atoms with Gasteiger partial charge in [-0.2, -0.15) is 0 Å². The first-order valence-electron chi connectivity index (χ1n) is 9.92. The van der Waals surface area contributed by atoms with Crippen molar-refractivity contribution in [2.24, 2.45) is 0 Å². The average Bonchev–Trinajstić information content (AvgIpc) is 2.74. The summed E-state index contributed by atoms with van der Waals surface area (Å²) < 4.78 is 5.67. The van der Waals surface area contributed by atoms with Crippen molar-refractivity contribution in [1.29, 1.82) is 0 Å². The fourth-order valence-electron chi connectivity index (χ4n) is 4.14. The molecule has 0 saturated carbocycles. The number of rotatable bonds is 4. The van der Waals surface area contributed by atoms with Gasteiger partial charge in [-0.3, -0.25) is 0 Å². The van der Waals surface area contributed by atoms with Crippen molar-refractivity contribution in [3.8, 4) is 0 Å². The summed E-state index contributed by atoms with van der Waals surface area (Å²) in [5.74, 6) is 0. The topological polar surface area (TPSA) is 102 Å². The average molecular weight is 420 g/mol. The summed E-state index contributed by atoms with van der Waals surface area (Å²) in [6.07, 6.45) is -3.10. The van der Waals surface area contributed by atoms with Crippen molar-refractivity contribution in [1.82, 2.24) is 0 Å². The molecule has 2 aliphatic heterocycles. The molecule has 29 heavy (non-hydrogen) atoms. The predicted octanol–water partition coefficient (Wildman–Crippen LogP) is 1.80. The Kier molecular flexibility index (Phi) is 6.11. The van der Waals surface area contributed by atoms with Crippen LogP contribution in [0, 0.1) is 0 Å². The molecule has 1 unspecified atom stereocenters. The molecule has 1 fully saturated rings. The molecule has 0 bridgehead atoms. The van der Waals surface area contributed by atoms with Crippen molar-refractivity contribution in [3.05, 3.63) is 63.7 Å². The molecule has 0 amide bonds. The van der Waals surface area contributed by atoms with Gasteiger partial charge in [0.1, 0.15) is 30.5 Å². The number of nitrogens with one attached hydrogen (secondary N) is 1. The molecule has 0 spiro atoms. The van der Waals surface area contributed by atoms with Crippen LogP contribution in [-0.4, -0.2) is 58.0 Å². The lowest BCUT2D eigenvalue weighted by atomic mass is 9.90. The molecule has 0 radical (unpaired) electrons. The predicted molar refractivity (Wildman–Crippen MR) is 110 cm³/mol. The first kappa shape index (κ1) is 20.6. The van der Waals surface area contributed by atoms with Gasteiger partial charge in [-0.15, -0.1) is 0 Å². The molecule has 2 heterocycles. The number of aliphatic hydroxyl groups is 4. The standard InChI is InChI=1S/C22H26ClNO5/c23-16-5-4-14(22-21(28)20(27)19(26)18(11-25)29-22)10-15(16)9-12-3-6-17-13(8-12)2-1-7-24-17/h3-6,8,10,18-22,24-28H,1-2,7,9,11H2/t18-,19-,20?,21-,22+/m1/s1. The summed E-state index contributed by atoms with van der Waals surface area (Å²) in [7, 11) is 0. The van der Waals surface area contributed by atoms with Crippen molar-refractivity contribution in [2.45, 2.75) is 49.8 Å². The Morgan fingerprint density at radius 1 is 1.03 bits per heavy atom. The molecule has 4 rings (SSSR count). The summed E-state index contributed by atoms with van der Waals surface area (Å²) in [4.78, 5) is 0. The number of fused-ring (bicyclic) bond motifs is 1. The molecule has 7 heteroatoms. The molecule has 5 N–H and O–H groups in total. The third-order valence-corrected chi connectivity index (χ3v) is 6.16. The van der Waals surface area contributed by atoms with E-state index in [1.807, 2.05) is 6.07 Å². The molecular formula is C22H26ClNO5. The van der Waals surface area contributed by atoms with Gasteiger partial charge in [-0.1, -0.05) is 35.9 Å². The Bertz CT molecular complexity index is 874. The third kappa shape index (κ3) is 4.14. The number of hydrogen-bond donors (Lipinski definition) is 5. The Morgan fingerprint density at radius 2 is 1.86 bits per heavy atom. The van der Waals surface area contributed by atoms with Crippen molar-refractivity contribution < 1.29 is 25.2 Å². The van der Waals surface area contributed by atoms with Gasteiger partial charge in [0, 0.05) is 17.3 Å². The van der Waals surface area contributed by atoms with E-state index in [-0.39, 0.29) is 0 Å². The Morgan fingerprint density at radius 3 is 2.66 bits per heavy atom. The smallest absolute Gasteiger partial charge is 0.113 e. The Balaban J connectivity index is 1.59. The number of aliphatic hydroxyl groups excluding tert-OH is 4. The molecule has 0 aromatic heterocycles. The number of halogens is 1. The van der Waals surface area contributed by atoms with Crippen LogP contribution in [0.25, 0.3) is 0 Å². The third-order valence-electron chi connectivity index (χ3n) is 5.79. The van der Waals surface area contributed by atoms with Crippen LogP contribution in [0.4, 0.5) is 5.69 Å². The van der Waals surface area contributed by atoms with E-state index in [9.17, 15) is 20.4 Å². The van der Waals surface area contributed by atoms with Gasteiger partial charge in [0.2, 0.25) is 0 Å². The number of ether oxygens (including phenoxy) is 1. The van der Waals surface area contributed by atoms with Crippen molar-refractivity contribution in [2.75, 3.05) is 18.5 Å². The van der Waals surface area contributed by atoms with Crippen LogP contribution in [0.15, 0.2) is 36.4 Å². The van der Waals surface area contributed by atoms with Crippen LogP contribution in [-0.2, 0) is 17.6 Å². The molecule has 2 aromatic rings. The largest absolute Gasteiger partial charge is 0.394 e. The zero-order chi connectivity index (χ0) is 20.5. The second-order valence-corrected chi connectivity index (χ2v) is 8.21. The minimum absolute atomic E-state index is 0.453. The second-order valence-electron chi connectivity index (χ2n) is 7.80. The molecule has 1 saturated heterocycles. The number of hydrogen-bond acceptors (Lipinski definition) is 6. The van der Waals surface area contributed by atoms with Gasteiger partial charge in [-0.25, -0.2) is 0 Å². The van der Waals surface area contributed by atoms with Crippen LogP contribution in [0.3, 0.4) is 0 Å². The van der Waals surface area contributed by atoms with Crippen LogP contribution in [0.5, 0.6) is 0 Å². The number of anilines is 1. The van der Waals surface area contributed by atoms with Gasteiger partial charge in [-0.05, 0) is 53.6 Å². The molecule has 156 valence electrons. The van der Waals surface area contributed by atoms with Crippen molar-refractivity contribution >= 4 is 17.3 Å². The highest BCUT2D eigenvalue weighted by atomic mass is 35.5. The SMILES string of the molecule is OC[C@H]1O[C@@H](c2ccc(Cl)c(Cc3ccc4c(c3)CCCN4)c2)[C@H](O)C(O)[C@@H]1O. The maximum absolute atomic E-state index is 10.4. The Labute approximate surface area is 174 Å². The molecule has 6 nitrogen and oxygen atoms in total. The lowest BCUT2D eigenvalue weighted by molar-refractivity contribution is -0.231. The lowest BCUT2D eigenvalue weighted by Crippen LogP contribution is -2.55. The van der Waals surface area contributed by atoms with E-state index in [1.54, 1.807) is 12.1 Å². The highest BCUT2D eigenvalue weighted by Crippen LogP contribution is 2.34. The molecule has 2 aliphatic rings. The van der Waals surface area contributed by atoms with E-state index < -0.39 is 37.1 Å². The van der Waals surface area contributed by atoms with Gasteiger partial charge in [0.25, 0.3) is 0 Å². The first-order chi connectivity index (χ1) is 14.0. The van der Waals surface area contributed by atoms with E-state index in [0.717, 1.165) is 30.5 Å². The quantitative estimate of drug-likeness (QED) is 0.518. The van der Waals surface area contributed by atoms with E-state index in [2.05, 4.69) is 23.5 Å². The molecule has 0 aliphatic carbocycles. The van der Waals surface area contributed by atoms with Gasteiger partial charge < -0.3 is 30.5 Å². The molecular weight excluding hydrogens is 394 g/mol. The molecule has 2 aromatic carbocycles. The zero-order valence-electron chi connectivity index (χ0n) is 16.0. The fraction of sp³-hybridized carbons (Fsp3) is 0.455. The highest BCUT2D eigenvalue weighted by molar-refractivity contribution is 6.31. The normalized spacial score (nSPS) is 29.2. The second kappa shape index (κ2) is 8.60. The first-order valence-corrected chi connectivity index (χ1v) is 10.3. The van der Waals surface area contributed by atoms with E-state index in [0.29, 0.717) is 17.0 Å². The monoisotopic (exact) mass is 419 g/mol. The van der Waals surface area contributed by atoms with E-state index in [4.69, 9.17) is 16.3 Å². The van der Waals surface area contributed by atoms with E-state index in [1.165, 1.54) is 11.3 Å². The summed E-state index contributed by atoms with van der Waals surface area (Å²) in [5.41, 5.74) is 5.14. The zero-order valence-corrected chi connectivity index (χ0v) is 16.7. The van der Waals surface area contributed by atoms with Gasteiger partial charge in [0.15, 0.2) is 0 Å². The lowest BCUT2D eigenvalue weighted by Gasteiger charge is -2.40. The summed E-state index contributed by atoms with van der Waals surface area (Å²) in [6.45, 7) is 0.546. The van der Waals surface area contributed by atoms with Crippen LogP contribution in [0.2, 0.25) is 5.02 Å². The van der Waals surface area contributed by atoms with Gasteiger partial charge >= 0.3 is 0 Å². The molecule has 5 atom stereocenters. The minimum Gasteiger partial charge on any atom is -0.394 e.